The van der Waals surface area contributed by atoms with Crippen LogP contribution in [0.3, 0.4) is 0 Å². The smallest absolute Gasteiger partial charge is 0.262 e. The molecule has 0 fully saturated rings. The number of para-hydroxylation sites is 1. The summed E-state index contributed by atoms with van der Waals surface area (Å²) in [5.74, 6) is -0.493. The Labute approximate surface area is 145 Å². The fourth-order valence-electron chi connectivity index (χ4n) is 2.47. The van der Waals surface area contributed by atoms with E-state index in [0.29, 0.717) is 11.4 Å². The lowest BCUT2D eigenvalue weighted by Gasteiger charge is -2.17. The summed E-state index contributed by atoms with van der Waals surface area (Å²) >= 11 is 1.31. The Hall–Kier alpha value is -2.53. The van der Waals surface area contributed by atoms with Gasteiger partial charge in [-0.25, -0.2) is 0 Å². The topological polar surface area (TPSA) is 58.2 Å². The number of thioether (sulfide) groups is 1. The second kappa shape index (κ2) is 7.36. The Balaban J connectivity index is 1.58. The first-order valence-corrected chi connectivity index (χ1v) is 8.57. The van der Waals surface area contributed by atoms with Gasteiger partial charge in [0.05, 0.1) is 10.6 Å². The molecule has 2 aromatic carbocycles. The average Bonchev–Trinajstić information content (AvgIpc) is 2.55. The number of rotatable bonds is 4. The molecule has 0 saturated carbocycles. The molecule has 0 aromatic heterocycles. The number of benzene rings is 2. The van der Waals surface area contributed by atoms with E-state index in [1.54, 1.807) is 0 Å². The van der Waals surface area contributed by atoms with Gasteiger partial charge in [0.1, 0.15) is 0 Å². The molecule has 0 atom stereocenters. The van der Waals surface area contributed by atoms with E-state index in [0.717, 1.165) is 17.0 Å². The van der Waals surface area contributed by atoms with Crippen molar-refractivity contribution in [2.45, 2.75) is 18.2 Å². The molecule has 4 nitrogen and oxygen atoms in total. The van der Waals surface area contributed by atoms with Crippen LogP contribution in [-0.4, -0.2) is 18.4 Å². The SMILES string of the molecule is Cc1cccc(CCNC(=O)C=C2Sc3ccccc3NC2=O)c1. The number of anilines is 1. The van der Waals surface area contributed by atoms with Crippen LogP contribution in [0.5, 0.6) is 0 Å². The third-order valence-corrected chi connectivity index (χ3v) is 4.74. The summed E-state index contributed by atoms with van der Waals surface area (Å²) < 4.78 is 0. The van der Waals surface area contributed by atoms with Gasteiger partial charge in [-0.3, -0.25) is 9.59 Å². The molecule has 2 aromatic rings. The number of fused-ring (bicyclic) bond motifs is 1. The summed E-state index contributed by atoms with van der Waals surface area (Å²) in [6, 6.07) is 15.7. The van der Waals surface area contributed by atoms with Gasteiger partial charge in [-0.1, -0.05) is 53.7 Å². The van der Waals surface area contributed by atoms with E-state index in [4.69, 9.17) is 0 Å². The first-order valence-electron chi connectivity index (χ1n) is 7.75. The van der Waals surface area contributed by atoms with Crippen LogP contribution in [0, 0.1) is 6.92 Å². The number of hydrogen-bond acceptors (Lipinski definition) is 3. The van der Waals surface area contributed by atoms with Crippen molar-refractivity contribution < 1.29 is 9.59 Å². The minimum Gasteiger partial charge on any atom is -0.352 e. The highest BCUT2D eigenvalue weighted by Gasteiger charge is 2.21. The van der Waals surface area contributed by atoms with E-state index in [2.05, 4.69) is 16.7 Å². The van der Waals surface area contributed by atoms with Gasteiger partial charge < -0.3 is 10.6 Å². The third kappa shape index (κ3) is 4.06. The van der Waals surface area contributed by atoms with Gasteiger partial charge in [-0.05, 0) is 31.0 Å². The Morgan fingerprint density at radius 1 is 1.21 bits per heavy atom. The number of amides is 2. The molecule has 1 aliphatic heterocycles. The molecule has 0 bridgehead atoms. The summed E-state index contributed by atoms with van der Waals surface area (Å²) in [6.45, 7) is 2.58. The summed E-state index contributed by atoms with van der Waals surface area (Å²) in [5, 5.41) is 5.63. The molecular formula is C19H18N2O2S. The molecule has 24 heavy (non-hydrogen) atoms. The molecule has 0 unspecified atom stereocenters. The van der Waals surface area contributed by atoms with Crippen LogP contribution in [0.2, 0.25) is 0 Å². The first-order chi connectivity index (χ1) is 11.6. The second-order valence-corrected chi connectivity index (χ2v) is 6.67. The van der Waals surface area contributed by atoms with Crippen LogP contribution < -0.4 is 10.6 Å². The zero-order valence-corrected chi connectivity index (χ0v) is 14.2. The molecule has 0 spiro atoms. The van der Waals surface area contributed by atoms with E-state index in [9.17, 15) is 9.59 Å². The van der Waals surface area contributed by atoms with Gasteiger partial charge >= 0.3 is 0 Å². The van der Waals surface area contributed by atoms with E-state index >= 15 is 0 Å². The molecule has 0 aliphatic carbocycles. The predicted molar refractivity (Wildman–Crippen MR) is 96.9 cm³/mol. The van der Waals surface area contributed by atoms with E-state index < -0.39 is 0 Å². The summed E-state index contributed by atoms with van der Waals surface area (Å²) in [6.07, 6.45) is 2.13. The fourth-order valence-corrected chi connectivity index (χ4v) is 3.39. The van der Waals surface area contributed by atoms with Crippen molar-refractivity contribution >= 4 is 29.3 Å². The fraction of sp³-hybridized carbons (Fsp3) is 0.158. The Morgan fingerprint density at radius 3 is 2.88 bits per heavy atom. The van der Waals surface area contributed by atoms with Crippen molar-refractivity contribution in [3.8, 4) is 0 Å². The second-order valence-electron chi connectivity index (χ2n) is 5.59. The zero-order valence-electron chi connectivity index (χ0n) is 13.3. The standard InChI is InChI=1S/C19H18N2O2S/c1-13-5-4-6-14(11-13)9-10-20-18(22)12-17-19(23)21-15-7-2-3-8-16(15)24-17/h2-8,11-12H,9-10H2,1H3,(H,20,22)(H,21,23). The van der Waals surface area contributed by atoms with Crippen LogP contribution >= 0.6 is 11.8 Å². The van der Waals surface area contributed by atoms with Gasteiger partial charge in [0.25, 0.3) is 5.91 Å². The van der Waals surface area contributed by atoms with Crippen LogP contribution in [0.15, 0.2) is 64.4 Å². The molecule has 1 heterocycles. The predicted octanol–water partition coefficient (Wildman–Crippen LogP) is 3.28. The van der Waals surface area contributed by atoms with Crippen LogP contribution in [-0.2, 0) is 16.0 Å². The normalized spacial score (nSPS) is 14.9. The molecule has 2 N–H and O–H groups in total. The molecule has 3 rings (SSSR count). The quantitative estimate of drug-likeness (QED) is 0.841. The summed E-state index contributed by atoms with van der Waals surface area (Å²) in [5.41, 5.74) is 3.17. The summed E-state index contributed by atoms with van der Waals surface area (Å²) in [4.78, 5) is 25.4. The minimum absolute atomic E-state index is 0.243. The Kier molecular flexibility index (Phi) is 5.01. The van der Waals surface area contributed by atoms with Crippen LogP contribution in [0.1, 0.15) is 11.1 Å². The average molecular weight is 338 g/mol. The highest BCUT2D eigenvalue weighted by molar-refractivity contribution is 8.04. The Bertz CT molecular complexity index is 815. The molecule has 0 saturated heterocycles. The van der Waals surface area contributed by atoms with Crippen molar-refractivity contribution in [3.63, 3.8) is 0 Å². The third-order valence-electron chi connectivity index (χ3n) is 3.64. The van der Waals surface area contributed by atoms with Gasteiger partial charge in [-0.15, -0.1) is 0 Å². The molecule has 5 heteroatoms. The number of hydrogen-bond donors (Lipinski definition) is 2. The number of aryl methyl sites for hydroxylation is 1. The van der Waals surface area contributed by atoms with Crippen LogP contribution in [0.25, 0.3) is 0 Å². The number of carbonyl (C=O) groups is 2. The van der Waals surface area contributed by atoms with Crippen molar-refractivity contribution in [3.05, 3.63) is 70.6 Å². The number of nitrogens with one attached hydrogen (secondary N) is 2. The minimum atomic E-state index is -0.250. The molecule has 122 valence electrons. The van der Waals surface area contributed by atoms with Gasteiger partial charge in [0.15, 0.2) is 0 Å². The van der Waals surface area contributed by atoms with Gasteiger partial charge in [-0.2, -0.15) is 0 Å². The molecule has 2 amide bonds. The van der Waals surface area contributed by atoms with Crippen LogP contribution in [0.4, 0.5) is 5.69 Å². The van der Waals surface area contributed by atoms with Gasteiger partial charge in [0, 0.05) is 17.5 Å². The van der Waals surface area contributed by atoms with Crippen molar-refractivity contribution in [2.75, 3.05) is 11.9 Å². The lowest BCUT2D eigenvalue weighted by atomic mass is 10.1. The van der Waals surface area contributed by atoms with Crippen molar-refractivity contribution in [1.82, 2.24) is 5.32 Å². The lowest BCUT2D eigenvalue weighted by Crippen LogP contribution is -2.26. The maximum atomic E-state index is 12.0. The Morgan fingerprint density at radius 2 is 2.04 bits per heavy atom. The molecular weight excluding hydrogens is 320 g/mol. The highest BCUT2D eigenvalue weighted by atomic mass is 32.2. The lowest BCUT2D eigenvalue weighted by molar-refractivity contribution is -0.117. The van der Waals surface area contributed by atoms with Gasteiger partial charge in [0.2, 0.25) is 5.91 Å². The van der Waals surface area contributed by atoms with E-state index in [1.807, 2.05) is 49.4 Å². The van der Waals surface area contributed by atoms with E-state index in [-0.39, 0.29) is 11.8 Å². The zero-order chi connectivity index (χ0) is 16.9. The molecule has 0 radical (unpaired) electrons. The first kappa shape index (κ1) is 16.3. The summed E-state index contributed by atoms with van der Waals surface area (Å²) in [7, 11) is 0. The monoisotopic (exact) mass is 338 g/mol. The largest absolute Gasteiger partial charge is 0.352 e. The number of carbonyl (C=O) groups excluding carboxylic acids is 2. The van der Waals surface area contributed by atoms with E-state index in [1.165, 1.54) is 29.0 Å². The van der Waals surface area contributed by atoms with Crippen molar-refractivity contribution in [2.24, 2.45) is 0 Å². The van der Waals surface area contributed by atoms with Crippen molar-refractivity contribution in [1.29, 1.82) is 0 Å². The molecule has 1 aliphatic rings. The maximum Gasteiger partial charge on any atom is 0.262 e. The maximum absolute atomic E-state index is 12.0. The highest BCUT2D eigenvalue weighted by Crippen LogP contribution is 2.37.